The lowest BCUT2D eigenvalue weighted by molar-refractivity contribution is 0.652. The second-order valence-electron chi connectivity index (χ2n) is 19.8. The first kappa shape index (κ1) is 39.2. The largest absolute Gasteiger partial charge is 0.310 e. The van der Waals surface area contributed by atoms with E-state index in [-0.39, 0.29) is 16.2 Å². The molecule has 0 amide bonds. The average Bonchev–Trinajstić information content (AvgIpc) is 3.94. The molecular formula is C63H52N2. The first-order valence-corrected chi connectivity index (χ1v) is 23.0. The predicted molar refractivity (Wildman–Crippen MR) is 277 cm³/mol. The van der Waals surface area contributed by atoms with Gasteiger partial charge in [-0.1, -0.05) is 170 Å². The summed E-state index contributed by atoms with van der Waals surface area (Å²) in [7, 11) is 0. The number of fused-ring (bicyclic) bond motifs is 12. The molecule has 0 atom stereocenters. The highest BCUT2D eigenvalue weighted by molar-refractivity contribution is 6.09. The third kappa shape index (κ3) is 5.41. The lowest BCUT2D eigenvalue weighted by atomic mass is 9.79. The molecule has 0 fully saturated rings. The first-order valence-electron chi connectivity index (χ1n) is 23.0. The molecule has 9 aromatic rings. The van der Waals surface area contributed by atoms with Crippen molar-refractivity contribution < 1.29 is 0 Å². The molecule has 0 radical (unpaired) electrons. The molecule has 0 spiro atoms. The Hall–Kier alpha value is -7.42. The number of hydrogen-bond acceptors (Lipinski definition) is 1. The molecule has 3 aliphatic carbocycles. The fourth-order valence-corrected chi connectivity index (χ4v) is 12.0. The summed E-state index contributed by atoms with van der Waals surface area (Å²) in [5.41, 5.74) is 24.8. The van der Waals surface area contributed by atoms with E-state index < -0.39 is 0 Å². The van der Waals surface area contributed by atoms with E-state index in [4.69, 9.17) is 0 Å². The summed E-state index contributed by atoms with van der Waals surface area (Å²) in [6.07, 6.45) is 5.75. The Morgan fingerprint density at radius 1 is 0.462 bits per heavy atom. The molecule has 0 saturated heterocycles. The maximum Gasteiger partial charge on any atom is 0.0543 e. The molecule has 65 heavy (non-hydrogen) atoms. The van der Waals surface area contributed by atoms with Crippen LogP contribution < -0.4 is 4.90 Å². The van der Waals surface area contributed by atoms with Crippen molar-refractivity contribution >= 4 is 44.4 Å². The molecular weight excluding hydrogens is 785 g/mol. The Bertz CT molecular complexity index is 3490. The molecule has 0 saturated carbocycles. The minimum Gasteiger partial charge on any atom is -0.310 e. The zero-order valence-corrected chi connectivity index (χ0v) is 38.1. The van der Waals surface area contributed by atoms with Crippen LogP contribution in [0.4, 0.5) is 17.1 Å². The van der Waals surface area contributed by atoms with Crippen LogP contribution in [0.3, 0.4) is 0 Å². The van der Waals surface area contributed by atoms with Gasteiger partial charge in [-0.2, -0.15) is 0 Å². The van der Waals surface area contributed by atoms with Gasteiger partial charge in [0.1, 0.15) is 0 Å². The Morgan fingerprint density at radius 3 is 1.72 bits per heavy atom. The fraction of sp³-hybridized carbons (Fsp3) is 0.143. The van der Waals surface area contributed by atoms with E-state index in [2.05, 4.69) is 228 Å². The molecule has 2 nitrogen and oxygen atoms in total. The number of aromatic nitrogens is 1. The fourth-order valence-electron chi connectivity index (χ4n) is 12.0. The molecule has 12 rings (SSSR count). The van der Waals surface area contributed by atoms with Gasteiger partial charge in [-0.3, -0.25) is 0 Å². The van der Waals surface area contributed by atoms with Crippen LogP contribution in [0.2, 0.25) is 0 Å². The van der Waals surface area contributed by atoms with Crippen LogP contribution in [-0.2, 0) is 16.2 Å². The number of nitrogens with zero attached hydrogens (tertiary/aromatic N) is 2. The van der Waals surface area contributed by atoms with Crippen LogP contribution in [0.25, 0.3) is 66.4 Å². The van der Waals surface area contributed by atoms with Gasteiger partial charge in [0.15, 0.2) is 0 Å². The van der Waals surface area contributed by atoms with Crippen molar-refractivity contribution in [2.45, 2.75) is 57.8 Å². The van der Waals surface area contributed by atoms with Crippen molar-refractivity contribution in [3.63, 3.8) is 0 Å². The van der Waals surface area contributed by atoms with Gasteiger partial charge >= 0.3 is 0 Å². The second-order valence-corrected chi connectivity index (χ2v) is 19.8. The summed E-state index contributed by atoms with van der Waals surface area (Å²) >= 11 is 0. The SMILES string of the molecule is C=C/C=C(\C=C)c1ccc(N(c2ccc3c(c2)C(C)(C)c2ccccc2-3)c2cccc3c2-c2cc4c(cc2C3(C)C)-c2ccc(-n3c5ccccc5c5ccccc53)cc2C4(C)C)cc1. The number of rotatable bonds is 7. The summed E-state index contributed by atoms with van der Waals surface area (Å²) in [4.78, 5) is 2.50. The summed E-state index contributed by atoms with van der Waals surface area (Å²) in [6.45, 7) is 22.5. The quantitative estimate of drug-likeness (QED) is 0.145. The lowest BCUT2D eigenvalue weighted by Crippen LogP contribution is -2.17. The van der Waals surface area contributed by atoms with Crippen molar-refractivity contribution in [2.75, 3.05) is 4.90 Å². The van der Waals surface area contributed by atoms with Crippen molar-refractivity contribution in [3.8, 4) is 39.1 Å². The Balaban J connectivity index is 1.04. The highest BCUT2D eigenvalue weighted by Crippen LogP contribution is 2.60. The summed E-state index contributed by atoms with van der Waals surface area (Å²) in [5, 5.41) is 2.56. The standard InChI is InChI=1S/C63H52N2/c1-9-18-39(10-2)40-27-29-41(30-28-40)64(42-31-33-45-44-19-11-14-22-51(44)61(3,4)53(45)35-42)59-26-17-23-52-60(59)50-38-55-49(37-56(50)62(52,5)6)46-34-32-43(36-54(46)63(55,7)8)65-57-24-15-12-20-47(57)48-21-13-16-25-58(48)65/h9-38H,1-2H2,3-8H3/b39-18+. The third-order valence-corrected chi connectivity index (χ3v) is 15.3. The number of allylic oxidation sites excluding steroid dienone is 4. The van der Waals surface area contributed by atoms with Crippen LogP contribution >= 0.6 is 0 Å². The van der Waals surface area contributed by atoms with Gasteiger partial charge in [-0.15, -0.1) is 0 Å². The molecule has 0 unspecified atom stereocenters. The van der Waals surface area contributed by atoms with Gasteiger partial charge in [0.05, 0.1) is 16.7 Å². The van der Waals surface area contributed by atoms with Crippen LogP contribution in [0.15, 0.2) is 195 Å². The molecule has 1 heterocycles. The van der Waals surface area contributed by atoms with Crippen molar-refractivity contribution in [1.29, 1.82) is 0 Å². The highest BCUT2D eigenvalue weighted by Gasteiger charge is 2.44. The van der Waals surface area contributed by atoms with E-state index in [9.17, 15) is 0 Å². The van der Waals surface area contributed by atoms with Crippen LogP contribution in [0.1, 0.15) is 80.5 Å². The van der Waals surface area contributed by atoms with Crippen molar-refractivity contribution in [1.82, 2.24) is 4.57 Å². The molecule has 0 N–H and O–H groups in total. The summed E-state index contributed by atoms with van der Waals surface area (Å²) in [5.74, 6) is 0. The smallest absolute Gasteiger partial charge is 0.0543 e. The Labute approximate surface area is 383 Å². The minimum atomic E-state index is -0.228. The lowest BCUT2D eigenvalue weighted by Gasteiger charge is -2.30. The number of para-hydroxylation sites is 2. The first-order chi connectivity index (χ1) is 31.4. The molecule has 0 aliphatic heterocycles. The normalized spacial score (nSPS) is 15.5. The van der Waals surface area contributed by atoms with Gasteiger partial charge in [0.25, 0.3) is 0 Å². The topological polar surface area (TPSA) is 8.17 Å². The summed E-state index contributed by atoms with van der Waals surface area (Å²) in [6, 6.07) is 61.9. The number of hydrogen-bond donors (Lipinski definition) is 0. The summed E-state index contributed by atoms with van der Waals surface area (Å²) < 4.78 is 2.45. The third-order valence-electron chi connectivity index (χ3n) is 15.3. The van der Waals surface area contributed by atoms with Crippen molar-refractivity contribution in [3.05, 3.63) is 234 Å². The van der Waals surface area contributed by atoms with Gasteiger partial charge in [-0.05, 0) is 139 Å². The zero-order chi connectivity index (χ0) is 44.6. The van der Waals surface area contributed by atoms with E-state index in [1.165, 1.54) is 99.9 Å². The minimum absolute atomic E-state index is 0.137. The average molecular weight is 837 g/mol. The van der Waals surface area contributed by atoms with Crippen molar-refractivity contribution in [2.24, 2.45) is 0 Å². The second kappa shape index (κ2) is 13.8. The molecule has 3 aliphatic rings. The highest BCUT2D eigenvalue weighted by atomic mass is 15.1. The molecule has 314 valence electrons. The predicted octanol–water partition coefficient (Wildman–Crippen LogP) is 16.9. The van der Waals surface area contributed by atoms with Gasteiger partial charge < -0.3 is 9.47 Å². The van der Waals surface area contributed by atoms with Gasteiger partial charge in [-0.25, -0.2) is 0 Å². The van der Waals surface area contributed by atoms with Gasteiger partial charge in [0.2, 0.25) is 0 Å². The maximum atomic E-state index is 4.10. The monoisotopic (exact) mass is 836 g/mol. The van der Waals surface area contributed by atoms with Gasteiger partial charge in [0, 0.05) is 49.6 Å². The Kier molecular flexibility index (Phi) is 8.32. The zero-order valence-electron chi connectivity index (χ0n) is 38.1. The van der Waals surface area contributed by atoms with E-state index >= 15 is 0 Å². The van der Waals surface area contributed by atoms with E-state index in [1.54, 1.807) is 0 Å². The molecule has 1 aromatic heterocycles. The Morgan fingerprint density at radius 2 is 1.00 bits per heavy atom. The molecule has 2 heteroatoms. The van der Waals surface area contributed by atoms with Crippen LogP contribution in [-0.4, -0.2) is 4.57 Å². The van der Waals surface area contributed by atoms with E-state index in [1.807, 2.05) is 18.2 Å². The molecule has 0 bridgehead atoms. The number of benzene rings is 8. The number of anilines is 3. The van der Waals surface area contributed by atoms with E-state index in [0.717, 1.165) is 22.5 Å². The van der Waals surface area contributed by atoms with Crippen LogP contribution in [0.5, 0.6) is 0 Å². The van der Waals surface area contributed by atoms with Crippen LogP contribution in [0, 0.1) is 0 Å². The maximum absolute atomic E-state index is 4.10. The van der Waals surface area contributed by atoms with E-state index in [0.29, 0.717) is 0 Å². The molecule has 8 aromatic carbocycles.